The molecule has 176 valence electrons. The molecule has 0 atom stereocenters. The predicted molar refractivity (Wildman–Crippen MR) is 118 cm³/mol. The molecule has 0 saturated carbocycles. The molecule has 0 heterocycles. The monoisotopic (exact) mass is 452 g/mol. The third-order valence-corrected chi connectivity index (χ3v) is 4.32. The molecule has 0 spiro atoms. The number of unbranched alkanes of at least 4 members (excludes halogenated alkanes) is 8. The van der Waals surface area contributed by atoms with E-state index in [0.717, 1.165) is 25.7 Å². The van der Waals surface area contributed by atoms with E-state index in [9.17, 15) is 29.4 Å². The summed E-state index contributed by atoms with van der Waals surface area (Å²) in [6.07, 6.45) is 11.8. The number of carbonyl (C=O) groups excluding carboxylic acids is 4. The van der Waals surface area contributed by atoms with Gasteiger partial charge in [-0.05, 0) is 12.8 Å². The van der Waals surface area contributed by atoms with Gasteiger partial charge in [-0.25, -0.2) is 0 Å². The Labute approximate surface area is 203 Å². The first-order chi connectivity index (χ1) is 14.3. The van der Waals surface area contributed by atoms with Crippen LogP contribution in [0.1, 0.15) is 104 Å². The van der Waals surface area contributed by atoms with Crippen LogP contribution >= 0.6 is 0 Å². The van der Waals surface area contributed by atoms with E-state index in [0.29, 0.717) is 12.8 Å². The summed E-state index contributed by atoms with van der Waals surface area (Å²) in [7, 11) is 0. The molecule has 0 aromatic heterocycles. The molecule has 2 amide bonds. The molecule has 0 fully saturated rings. The standard InChI is InChI=1S/2C11H21NO3.Mg/c2*1-2-3-4-5-6-7-10(13)12-9-8-11(14)15;/h2*2-9H2,1H3,(H,12,13)(H,14,15);/q;;+2/p-2. The van der Waals surface area contributed by atoms with Crippen molar-refractivity contribution in [1.29, 1.82) is 0 Å². The van der Waals surface area contributed by atoms with Crippen LogP contribution in [0.2, 0.25) is 0 Å². The Morgan fingerprint density at radius 1 is 0.548 bits per heavy atom. The molecule has 0 aliphatic carbocycles. The third kappa shape index (κ3) is 33.5. The van der Waals surface area contributed by atoms with Gasteiger partial charge in [0.25, 0.3) is 0 Å². The van der Waals surface area contributed by atoms with Gasteiger partial charge in [0.1, 0.15) is 0 Å². The largest absolute Gasteiger partial charge is 2.00 e. The normalized spacial score (nSPS) is 9.61. The summed E-state index contributed by atoms with van der Waals surface area (Å²) in [5.74, 6) is -2.38. The zero-order valence-electron chi connectivity index (χ0n) is 19.5. The van der Waals surface area contributed by atoms with Crippen molar-refractivity contribution in [1.82, 2.24) is 10.6 Å². The van der Waals surface area contributed by atoms with Crippen molar-refractivity contribution < 1.29 is 29.4 Å². The van der Waals surface area contributed by atoms with E-state index in [-0.39, 0.29) is 60.8 Å². The van der Waals surface area contributed by atoms with Crippen LogP contribution in [0.4, 0.5) is 0 Å². The molecule has 0 aliphatic heterocycles. The predicted octanol–water partition coefficient (Wildman–Crippen LogP) is 0.825. The third-order valence-electron chi connectivity index (χ3n) is 4.32. The van der Waals surface area contributed by atoms with Crippen molar-refractivity contribution in [3.05, 3.63) is 0 Å². The Morgan fingerprint density at radius 2 is 0.871 bits per heavy atom. The smallest absolute Gasteiger partial charge is 0.550 e. The first-order valence-corrected chi connectivity index (χ1v) is 11.3. The molecule has 0 aromatic rings. The van der Waals surface area contributed by atoms with Gasteiger partial charge in [-0.2, -0.15) is 0 Å². The molecule has 0 aliphatic rings. The van der Waals surface area contributed by atoms with Crippen molar-refractivity contribution in [3.63, 3.8) is 0 Å². The molecular formula is C22H40MgN2O6. The van der Waals surface area contributed by atoms with Gasteiger partial charge in [-0.15, -0.1) is 0 Å². The molecule has 8 nitrogen and oxygen atoms in total. The van der Waals surface area contributed by atoms with E-state index in [4.69, 9.17) is 0 Å². The minimum absolute atomic E-state index is 0. The minimum Gasteiger partial charge on any atom is -0.550 e. The van der Waals surface area contributed by atoms with E-state index < -0.39 is 11.9 Å². The molecule has 0 radical (unpaired) electrons. The number of aliphatic carboxylic acids is 2. The summed E-state index contributed by atoms with van der Waals surface area (Å²) in [5.41, 5.74) is 0. The summed E-state index contributed by atoms with van der Waals surface area (Å²) in [4.78, 5) is 42.4. The van der Waals surface area contributed by atoms with Gasteiger partial charge in [0.15, 0.2) is 0 Å². The van der Waals surface area contributed by atoms with Crippen molar-refractivity contribution in [2.45, 2.75) is 104 Å². The number of carbonyl (C=O) groups is 4. The summed E-state index contributed by atoms with van der Waals surface area (Å²) in [6.45, 7) is 4.64. The second-order valence-electron chi connectivity index (χ2n) is 7.27. The van der Waals surface area contributed by atoms with Gasteiger partial charge in [0, 0.05) is 50.7 Å². The number of nitrogens with one attached hydrogen (secondary N) is 2. The Hall–Kier alpha value is -1.35. The number of amides is 2. The van der Waals surface area contributed by atoms with Crippen molar-refractivity contribution in [2.24, 2.45) is 0 Å². The minimum atomic E-state index is -1.13. The van der Waals surface area contributed by atoms with Crippen LogP contribution in [0.25, 0.3) is 0 Å². The van der Waals surface area contributed by atoms with Crippen LogP contribution in [0, 0.1) is 0 Å². The van der Waals surface area contributed by atoms with Gasteiger partial charge in [-0.3, -0.25) is 9.59 Å². The van der Waals surface area contributed by atoms with E-state index in [2.05, 4.69) is 24.5 Å². The number of carboxylic acids is 2. The zero-order valence-corrected chi connectivity index (χ0v) is 20.9. The van der Waals surface area contributed by atoms with E-state index in [1.807, 2.05) is 0 Å². The average molecular weight is 453 g/mol. The van der Waals surface area contributed by atoms with Crippen LogP contribution in [0.5, 0.6) is 0 Å². The van der Waals surface area contributed by atoms with Crippen LogP contribution in [-0.4, -0.2) is 59.9 Å². The number of carboxylic acid groups (broad SMARTS) is 2. The molecule has 0 saturated heterocycles. The van der Waals surface area contributed by atoms with Crippen LogP contribution in [-0.2, 0) is 19.2 Å². The second-order valence-corrected chi connectivity index (χ2v) is 7.27. The quantitative estimate of drug-likeness (QED) is 0.233. The molecule has 0 unspecified atom stereocenters. The fourth-order valence-electron chi connectivity index (χ4n) is 2.56. The van der Waals surface area contributed by atoms with Gasteiger partial charge in [-0.1, -0.05) is 65.2 Å². The number of rotatable bonds is 18. The SMILES string of the molecule is CCCCCCCC(=O)NCCC(=O)[O-].CCCCCCCC(=O)NCCC(=O)[O-].[Mg+2]. The van der Waals surface area contributed by atoms with Crippen LogP contribution in [0.15, 0.2) is 0 Å². The van der Waals surface area contributed by atoms with Gasteiger partial charge in [0.2, 0.25) is 11.8 Å². The Balaban J connectivity index is -0.000000490. The molecular weight excluding hydrogens is 413 g/mol. The van der Waals surface area contributed by atoms with E-state index in [1.165, 1.54) is 38.5 Å². The first-order valence-electron chi connectivity index (χ1n) is 11.3. The molecule has 0 bridgehead atoms. The fraction of sp³-hybridized carbons (Fsp3) is 0.818. The topological polar surface area (TPSA) is 138 Å². The molecule has 9 heteroatoms. The van der Waals surface area contributed by atoms with Gasteiger partial charge >= 0.3 is 23.1 Å². The summed E-state index contributed by atoms with van der Waals surface area (Å²) in [6, 6.07) is 0. The van der Waals surface area contributed by atoms with E-state index in [1.54, 1.807) is 0 Å². The van der Waals surface area contributed by atoms with Crippen molar-refractivity contribution in [2.75, 3.05) is 13.1 Å². The van der Waals surface area contributed by atoms with Crippen molar-refractivity contribution >= 4 is 46.8 Å². The summed E-state index contributed by atoms with van der Waals surface area (Å²) >= 11 is 0. The maximum atomic E-state index is 11.1. The zero-order chi connectivity index (χ0) is 23.0. The average Bonchev–Trinajstić information content (AvgIpc) is 2.67. The molecule has 31 heavy (non-hydrogen) atoms. The number of hydrogen-bond donors (Lipinski definition) is 2. The Morgan fingerprint density at radius 3 is 1.16 bits per heavy atom. The number of hydrogen-bond acceptors (Lipinski definition) is 6. The van der Waals surface area contributed by atoms with Crippen molar-refractivity contribution in [3.8, 4) is 0 Å². The first kappa shape index (κ1) is 34.3. The molecule has 2 N–H and O–H groups in total. The summed E-state index contributed by atoms with van der Waals surface area (Å²) < 4.78 is 0. The Bertz CT molecular complexity index is 433. The maximum Gasteiger partial charge on any atom is 2.00 e. The van der Waals surface area contributed by atoms with Gasteiger partial charge in [0.05, 0.1) is 0 Å². The maximum absolute atomic E-state index is 11.1. The molecule has 0 aromatic carbocycles. The molecule has 0 rings (SSSR count). The van der Waals surface area contributed by atoms with Gasteiger partial charge < -0.3 is 30.4 Å². The van der Waals surface area contributed by atoms with Crippen LogP contribution in [0.3, 0.4) is 0 Å². The second kappa shape index (κ2) is 26.7. The van der Waals surface area contributed by atoms with E-state index >= 15 is 0 Å². The summed E-state index contributed by atoms with van der Waals surface area (Å²) in [5, 5.41) is 25.2. The van der Waals surface area contributed by atoms with Crippen LogP contribution < -0.4 is 20.8 Å². The Kier molecular flexibility index (Phi) is 29.5. The fourth-order valence-corrected chi connectivity index (χ4v) is 2.56.